The van der Waals surface area contributed by atoms with Crippen molar-refractivity contribution < 1.29 is 14.4 Å². The molecule has 1 saturated heterocycles. The van der Waals surface area contributed by atoms with Gasteiger partial charge in [0.15, 0.2) is 11.7 Å². The average molecular weight is 439 g/mol. The molecule has 2 aromatic rings. The molecule has 2 amide bonds. The zero-order valence-corrected chi connectivity index (χ0v) is 17.8. The van der Waals surface area contributed by atoms with Crippen LogP contribution in [-0.4, -0.2) is 23.6 Å². The van der Waals surface area contributed by atoms with Gasteiger partial charge < -0.3 is 10.6 Å². The summed E-state index contributed by atoms with van der Waals surface area (Å²) < 4.78 is 0. The molecule has 4 rings (SSSR count). The molecular formula is C23H23ClN4O3. The van der Waals surface area contributed by atoms with E-state index in [2.05, 4.69) is 16.0 Å². The summed E-state index contributed by atoms with van der Waals surface area (Å²) in [5.41, 5.74) is 4.17. The standard InChI is InChI=1S/C23H23ClN4O3/c1-12-2-4-15(10-19(12)24)27-23(25)26-11-13-3-5-16-14(8-13)9-18(21(16)30)17-6-7-20(29)28-22(17)31/h2-5,8,10,17-18H,6-7,9,11H2,1H3,(H3,25,26,27)(H,28,29,31). The number of guanidine groups is 1. The van der Waals surface area contributed by atoms with Crippen LogP contribution in [0.4, 0.5) is 5.69 Å². The Morgan fingerprint density at radius 1 is 1.16 bits per heavy atom. The van der Waals surface area contributed by atoms with E-state index in [-0.39, 0.29) is 30.0 Å². The minimum atomic E-state index is -0.460. The number of piperidine rings is 1. The molecule has 7 nitrogen and oxygen atoms in total. The number of nitrogens with one attached hydrogen (secondary N) is 4. The maximum atomic E-state index is 12.8. The Morgan fingerprint density at radius 3 is 2.71 bits per heavy atom. The first kappa shape index (κ1) is 21.1. The second-order valence-corrected chi connectivity index (χ2v) is 8.45. The molecule has 2 aromatic carbocycles. The topological polar surface area (TPSA) is 111 Å². The van der Waals surface area contributed by atoms with Crippen LogP contribution in [0.3, 0.4) is 0 Å². The van der Waals surface area contributed by atoms with Crippen LogP contribution in [0.5, 0.6) is 0 Å². The molecule has 31 heavy (non-hydrogen) atoms. The van der Waals surface area contributed by atoms with E-state index >= 15 is 0 Å². The number of aryl methyl sites for hydroxylation is 1. The molecule has 0 radical (unpaired) electrons. The summed E-state index contributed by atoms with van der Waals surface area (Å²) in [5, 5.41) is 17.0. The molecule has 2 aliphatic rings. The number of anilines is 1. The number of Topliss-reactive ketones (excluding diaryl/α,β-unsaturated/α-hetero) is 1. The van der Waals surface area contributed by atoms with Gasteiger partial charge in [-0.15, -0.1) is 0 Å². The van der Waals surface area contributed by atoms with Crippen LogP contribution in [0.25, 0.3) is 0 Å². The first-order valence-electron chi connectivity index (χ1n) is 10.2. The van der Waals surface area contributed by atoms with E-state index in [1.54, 1.807) is 12.1 Å². The number of benzene rings is 2. The fourth-order valence-corrected chi connectivity index (χ4v) is 4.34. The van der Waals surface area contributed by atoms with Gasteiger partial charge in [-0.25, -0.2) is 0 Å². The van der Waals surface area contributed by atoms with Gasteiger partial charge in [-0.3, -0.25) is 25.1 Å². The van der Waals surface area contributed by atoms with Gasteiger partial charge in [0.2, 0.25) is 11.8 Å². The molecule has 1 aliphatic heterocycles. The Hall–Kier alpha value is -3.19. The Kier molecular flexibility index (Phi) is 5.78. The normalized spacial score (nSPS) is 20.3. The van der Waals surface area contributed by atoms with Crippen molar-refractivity contribution >= 4 is 40.8 Å². The monoisotopic (exact) mass is 438 g/mol. The molecule has 1 aliphatic carbocycles. The zero-order valence-electron chi connectivity index (χ0n) is 17.0. The van der Waals surface area contributed by atoms with Gasteiger partial charge in [-0.1, -0.05) is 35.9 Å². The summed E-state index contributed by atoms with van der Waals surface area (Å²) in [5.74, 6) is -1.40. The summed E-state index contributed by atoms with van der Waals surface area (Å²) in [6.45, 7) is 2.33. The van der Waals surface area contributed by atoms with Crippen molar-refractivity contribution in [2.75, 3.05) is 5.32 Å². The minimum absolute atomic E-state index is 0.0327. The fraction of sp³-hybridized carbons (Fsp3) is 0.304. The van der Waals surface area contributed by atoms with Gasteiger partial charge in [-0.05, 0) is 48.6 Å². The van der Waals surface area contributed by atoms with Gasteiger partial charge in [0.05, 0.1) is 0 Å². The minimum Gasteiger partial charge on any atom is -0.352 e. The third kappa shape index (κ3) is 4.46. The van der Waals surface area contributed by atoms with Crippen LogP contribution >= 0.6 is 11.6 Å². The van der Waals surface area contributed by atoms with Crippen LogP contribution in [0.2, 0.25) is 5.02 Å². The highest BCUT2D eigenvalue weighted by atomic mass is 35.5. The molecule has 8 heteroatoms. The molecule has 0 aromatic heterocycles. The van der Waals surface area contributed by atoms with E-state index in [0.717, 1.165) is 22.4 Å². The third-order valence-electron chi connectivity index (χ3n) is 5.89. The van der Waals surface area contributed by atoms with Gasteiger partial charge in [-0.2, -0.15) is 0 Å². The number of ketones is 1. The predicted octanol–water partition coefficient (Wildman–Crippen LogP) is 3.19. The summed E-state index contributed by atoms with van der Waals surface area (Å²) >= 11 is 6.12. The largest absolute Gasteiger partial charge is 0.352 e. The smallest absolute Gasteiger partial charge is 0.230 e. The van der Waals surface area contributed by atoms with Gasteiger partial charge in [0.25, 0.3) is 0 Å². The number of fused-ring (bicyclic) bond motifs is 1. The summed E-state index contributed by atoms with van der Waals surface area (Å²) in [7, 11) is 0. The van der Waals surface area contributed by atoms with E-state index < -0.39 is 11.8 Å². The highest BCUT2D eigenvalue weighted by molar-refractivity contribution is 6.31. The quantitative estimate of drug-likeness (QED) is 0.333. The first-order valence-corrected chi connectivity index (χ1v) is 10.5. The Morgan fingerprint density at radius 2 is 1.97 bits per heavy atom. The fourth-order valence-electron chi connectivity index (χ4n) is 4.16. The molecule has 160 valence electrons. The molecule has 0 spiro atoms. The van der Waals surface area contributed by atoms with E-state index in [1.165, 1.54) is 0 Å². The Balaban J connectivity index is 1.38. The first-order chi connectivity index (χ1) is 14.8. The van der Waals surface area contributed by atoms with E-state index in [9.17, 15) is 14.4 Å². The lowest BCUT2D eigenvalue weighted by Gasteiger charge is -2.24. The number of amides is 2. The van der Waals surface area contributed by atoms with Crippen molar-refractivity contribution in [2.24, 2.45) is 11.8 Å². The maximum absolute atomic E-state index is 12.8. The van der Waals surface area contributed by atoms with E-state index in [4.69, 9.17) is 17.0 Å². The van der Waals surface area contributed by atoms with Crippen LogP contribution in [0.15, 0.2) is 36.4 Å². The van der Waals surface area contributed by atoms with Crippen LogP contribution in [-0.2, 0) is 22.6 Å². The second kappa shape index (κ2) is 8.51. The van der Waals surface area contributed by atoms with Crippen molar-refractivity contribution in [3.8, 4) is 0 Å². The van der Waals surface area contributed by atoms with E-state index in [0.29, 0.717) is 30.0 Å². The predicted molar refractivity (Wildman–Crippen MR) is 118 cm³/mol. The molecule has 1 heterocycles. The summed E-state index contributed by atoms with van der Waals surface area (Å²) in [6, 6.07) is 11.1. The third-order valence-corrected chi connectivity index (χ3v) is 6.30. The molecule has 4 N–H and O–H groups in total. The summed E-state index contributed by atoms with van der Waals surface area (Å²) in [6.07, 6.45) is 1.17. The van der Waals surface area contributed by atoms with Gasteiger partial charge in [0, 0.05) is 41.1 Å². The van der Waals surface area contributed by atoms with Crippen molar-refractivity contribution in [1.29, 1.82) is 5.41 Å². The Bertz CT molecular complexity index is 1100. The maximum Gasteiger partial charge on any atom is 0.230 e. The zero-order chi connectivity index (χ0) is 22.1. The van der Waals surface area contributed by atoms with Crippen molar-refractivity contribution in [3.63, 3.8) is 0 Å². The lowest BCUT2D eigenvalue weighted by atomic mass is 9.83. The SMILES string of the molecule is Cc1ccc(NC(=N)NCc2ccc3c(c2)CC(C2CCC(=O)NC2=O)C3=O)cc1Cl. The van der Waals surface area contributed by atoms with Crippen molar-refractivity contribution in [1.82, 2.24) is 10.6 Å². The lowest BCUT2D eigenvalue weighted by Crippen LogP contribution is -2.44. The Labute approximate surface area is 185 Å². The molecule has 2 atom stereocenters. The molecule has 0 saturated carbocycles. The average Bonchev–Trinajstić information content (AvgIpc) is 3.05. The van der Waals surface area contributed by atoms with Crippen LogP contribution < -0.4 is 16.0 Å². The molecule has 1 fully saturated rings. The van der Waals surface area contributed by atoms with E-state index in [1.807, 2.05) is 31.2 Å². The highest BCUT2D eigenvalue weighted by Gasteiger charge is 2.41. The highest BCUT2D eigenvalue weighted by Crippen LogP contribution is 2.35. The number of carbonyl (C=O) groups is 3. The van der Waals surface area contributed by atoms with Gasteiger partial charge in [0.1, 0.15) is 0 Å². The summed E-state index contributed by atoms with van der Waals surface area (Å²) in [4.78, 5) is 36.4. The number of carbonyl (C=O) groups excluding carboxylic acids is 3. The second-order valence-electron chi connectivity index (χ2n) is 8.04. The van der Waals surface area contributed by atoms with Crippen LogP contribution in [0, 0.1) is 24.2 Å². The number of rotatable bonds is 4. The number of hydrogen-bond donors (Lipinski definition) is 4. The van der Waals surface area contributed by atoms with Crippen LogP contribution in [0.1, 0.15) is 39.9 Å². The molecule has 0 bridgehead atoms. The molecule has 2 unspecified atom stereocenters. The number of hydrogen-bond acceptors (Lipinski definition) is 4. The lowest BCUT2D eigenvalue weighted by molar-refractivity contribution is -0.137. The van der Waals surface area contributed by atoms with Crippen molar-refractivity contribution in [2.45, 2.75) is 32.7 Å². The molecular weight excluding hydrogens is 416 g/mol. The number of imide groups is 1. The van der Waals surface area contributed by atoms with Gasteiger partial charge >= 0.3 is 0 Å². The van der Waals surface area contributed by atoms with Crippen molar-refractivity contribution in [3.05, 3.63) is 63.7 Å². The number of halogens is 1.